The Labute approximate surface area is 271 Å². The molecule has 1 amide bonds. The van der Waals surface area contributed by atoms with Gasteiger partial charge in [-0.05, 0) is 36.6 Å². The van der Waals surface area contributed by atoms with Crippen molar-refractivity contribution in [2.45, 2.75) is 52.0 Å². The van der Waals surface area contributed by atoms with Gasteiger partial charge in [0.1, 0.15) is 25.2 Å². The number of ether oxygens (including phenoxy) is 7. The van der Waals surface area contributed by atoms with E-state index in [2.05, 4.69) is 10.3 Å². The van der Waals surface area contributed by atoms with Gasteiger partial charge < -0.3 is 38.5 Å². The van der Waals surface area contributed by atoms with Gasteiger partial charge in [-0.1, -0.05) is 50.2 Å². The highest BCUT2D eigenvalue weighted by molar-refractivity contribution is 5.98. The van der Waals surface area contributed by atoms with Gasteiger partial charge in [0.05, 0.1) is 13.0 Å². The lowest BCUT2D eigenvalue weighted by atomic mass is 9.91. The molecule has 0 saturated carbocycles. The number of nitrogens with one attached hydrogen (secondary N) is 1. The Morgan fingerprint density at radius 2 is 1.74 bits per heavy atom. The maximum atomic E-state index is 13.6. The molecule has 0 radical (unpaired) electrons. The molecule has 1 aromatic heterocycles. The van der Waals surface area contributed by atoms with Gasteiger partial charge in [0, 0.05) is 12.3 Å². The van der Waals surface area contributed by atoms with Crippen molar-refractivity contribution >= 4 is 23.8 Å². The minimum Gasteiger partial charge on any atom is -0.493 e. The largest absolute Gasteiger partial charge is 0.493 e. The van der Waals surface area contributed by atoms with Crippen LogP contribution in [0.25, 0.3) is 0 Å². The van der Waals surface area contributed by atoms with Gasteiger partial charge in [0.25, 0.3) is 5.91 Å². The number of cyclic esters (lactones) is 2. The molecule has 3 heterocycles. The van der Waals surface area contributed by atoms with Gasteiger partial charge in [0.2, 0.25) is 6.79 Å². The third-order valence-corrected chi connectivity index (χ3v) is 7.59. The highest BCUT2D eigenvalue weighted by atomic mass is 16.7. The van der Waals surface area contributed by atoms with Crippen LogP contribution in [0.5, 0.6) is 23.0 Å². The fourth-order valence-corrected chi connectivity index (χ4v) is 5.06. The van der Waals surface area contributed by atoms with Crippen LogP contribution in [0.3, 0.4) is 0 Å². The zero-order valence-electron chi connectivity index (χ0n) is 26.4. The van der Waals surface area contributed by atoms with E-state index in [4.69, 9.17) is 33.2 Å². The molecule has 4 atom stereocenters. The summed E-state index contributed by atoms with van der Waals surface area (Å²) in [5.74, 6) is -3.04. The quantitative estimate of drug-likeness (QED) is 0.253. The Hall–Kier alpha value is -5.33. The van der Waals surface area contributed by atoms with E-state index in [0.717, 1.165) is 11.1 Å². The van der Waals surface area contributed by atoms with Crippen LogP contribution in [-0.4, -0.2) is 67.6 Å². The van der Waals surface area contributed by atoms with Gasteiger partial charge >= 0.3 is 17.9 Å². The van der Waals surface area contributed by atoms with Crippen molar-refractivity contribution in [2.24, 2.45) is 11.8 Å². The van der Waals surface area contributed by atoms with Crippen molar-refractivity contribution in [3.05, 3.63) is 77.6 Å². The number of carbonyl (C=O) groups is 4. The first-order chi connectivity index (χ1) is 22.6. The summed E-state index contributed by atoms with van der Waals surface area (Å²) in [6.45, 7) is 4.45. The first-order valence-electron chi connectivity index (χ1n) is 15.1. The summed E-state index contributed by atoms with van der Waals surface area (Å²) in [6, 6.07) is 14.5. The zero-order valence-corrected chi connectivity index (χ0v) is 26.4. The first-order valence-corrected chi connectivity index (χ1v) is 15.1. The summed E-state index contributed by atoms with van der Waals surface area (Å²) >= 11 is 0. The average Bonchev–Trinajstić information content (AvgIpc) is 3.55. The summed E-state index contributed by atoms with van der Waals surface area (Å²) in [6.07, 6.45) is -0.689. The van der Waals surface area contributed by atoms with E-state index in [9.17, 15) is 19.2 Å². The molecule has 3 aromatic rings. The molecule has 47 heavy (non-hydrogen) atoms. The second-order valence-corrected chi connectivity index (χ2v) is 11.3. The van der Waals surface area contributed by atoms with E-state index in [-0.39, 0.29) is 37.0 Å². The third-order valence-electron chi connectivity index (χ3n) is 7.59. The van der Waals surface area contributed by atoms with Crippen LogP contribution in [0.15, 0.2) is 60.8 Å². The Morgan fingerprint density at radius 1 is 0.979 bits per heavy atom. The Bertz CT molecular complexity index is 1610. The summed E-state index contributed by atoms with van der Waals surface area (Å²) in [4.78, 5) is 57.3. The topological polar surface area (TPSA) is 158 Å². The normalized spacial score (nSPS) is 20.6. The molecule has 2 aliphatic heterocycles. The number of benzene rings is 2. The number of methoxy groups -OCH3 is 1. The predicted molar refractivity (Wildman–Crippen MR) is 164 cm³/mol. The summed E-state index contributed by atoms with van der Waals surface area (Å²) in [5.41, 5.74) is 1.34. The van der Waals surface area contributed by atoms with Crippen LogP contribution in [0.1, 0.15) is 42.4 Å². The van der Waals surface area contributed by atoms with Crippen molar-refractivity contribution in [3.63, 3.8) is 0 Å². The fraction of sp³-hybridized carbons (Fsp3) is 0.382. The number of hydrogen-bond donors (Lipinski definition) is 1. The number of rotatable bonds is 10. The monoisotopic (exact) mass is 648 g/mol. The van der Waals surface area contributed by atoms with E-state index >= 15 is 0 Å². The van der Waals surface area contributed by atoms with E-state index in [1.807, 2.05) is 30.3 Å². The Balaban J connectivity index is 1.35. The predicted octanol–water partition coefficient (Wildman–Crippen LogP) is 3.41. The second-order valence-electron chi connectivity index (χ2n) is 11.3. The van der Waals surface area contributed by atoms with Crippen LogP contribution in [0.4, 0.5) is 0 Å². The molecular formula is C34H36N2O11. The van der Waals surface area contributed by atoms with Crippen molar-refractivity contribution in [1.29, 1.82) is 0 Å². The van der Waals surface area contributed by atoms with Crippen molar-refractivity contribution < 1.29 is 52.3 Å². The number of carbonyl (C=O) groups excluding carboxylic acids is 4. The van der Waals surface area contributed by atoms with Crippen molar-refractivity contribution in [3.8, 4) is 23.0 Å². The summed E-state index contributed by atoms with van der Waals surface area (Å²) in [5, 5.41) is 2.55. The van der Waals surface area contributed by atoms with Crippen LogP contribution in [-0.2, 0) is 41.6 Å². The van der Waals surface area contributed by atoms with E-state index in [1.165, 1.54) is 26.3 Å². The maximum Gasteiger partial charge on any atom is 0.332 e. The van der Waals surface area contributed by atoms with Gasteiger partial charge in [-0.25, -0.2) is 9.78 Å². The molecule has 1 saturated heterocycles. The molecule has 5 rings (SSSR count). The molecule has 1 unspecified atom stereocenters. The third kappa shape index (κ3) is 7.91. The van der Waals surface area contributed by atoms with Gasteiger partial charge in [0.15, 0.2) is 40.8 Å². The number of amides is 1. The molecule has 0 aliphatic carbocycles. The highest BCUT2D eigenvalue weighted by Crippen LogP contribution is 2.34. The summed E-state index contributed by atoms with van der Waals surface area (Å²) < 4.78 is 39.1. The van der Waals surface area contributed by atoms with Gasteiger partial charge in [-0.3, -0.25) is 14.4 Å². The summed E-state index contributed by atoms with van der Waals surface area (Å²) in [7, 11) is 1.41. The molecule has 2 aromatic carbocycles. The fourth-order valence-electron chi connectivity index (χ4n) is 5.06. The number of pyridine rings is 1. The minimum atomic E-state index is -1.42. The van der Waals surface area contributed by atoms with Gasteiger partial charge in [-0.15, -0.1) is 0 Å². The maximum absolute atomic E-state index is 13.6. The van der Waals surface area contributed by atoms with Gasteiger partial charge in [-0.2, -0.15) is 0 Å². The van der Waals surface area contributed by atoms with Crippen molar-refractivity contribution in [1.82, 2.24) is 10.3 Å². The highest BCUT2D eigenvalue weighted by Gasteiger charge is 2.42. The molecule has 1 N–H and O–H groups in total. The molecule has 248 valence electrons. The van der Waals surface area contributed by atoms with Crippen LogP contribution >= 0.6 is 0 Å². The lowest BCUT2D eigenvalue weighted by Crippen LogP contribution is -2.47. The second kappa shape index (κ2) is 14.8. The molecule has 13 heteroatoms. The van der Waals surface area contributed by atoms with E-state index in [0.29, 0.717) is 11.5 Å². The zero-order chi connectivity index (χ0) is 33.5. The van der Waals surface area contributed by atoms with Crippen LogP contribution in [0, 0.1) is 11.8 Å². The molecular weight excluding hydrogens is 612 g/mol. The number of hydrogen-bond acceptors (Lipinski definition) is 12. The smallest absolute Gasteiger partial charge is 0.332 e. The van der Waals surface area contributed by atoms with E-state index in [1.54, 1.807) is 32.0 Å². The van der Waals surface area contributed by atoms with Crippen LogP contribution in [0.2, 0.25) is 0 Å². The average molecular weight is 649 g/mol. The number of aromatic nitrogens is 1. The number of fused-ring (bicyclic) bond motifs is 1. The SMILES string of the molecule is COc1ccnc(C(=O)NC2COC(=O)[C@H](Cc3ccccc3)[C@@H](OC(=O)C(C)C)[C@H](C)OC2=O)c1OCc1ccc2c(c1)OCO2. The lowest BCUT2D eigenvalue weighted by Gasteiger charge is -2.29. The minimum absolute atomic E-state index is 0.0237. The Morgan fingerprint density at radius 3 is 2.49 bits per heavy atom. The molecule has 0 bridgehead atoms. The first kappa shape index (κ1) is 33.0. The molecule has 2 aliphatic rings. The molecule has 0 spiro atoms. The van der Waals surface area contributed by atoms with E-state index < -0.39 is 60.5 Å². The van der Waals surface area contributed by atoms with Crippen LogP contribution < -0.4 is 24.3 Å². The number of nitrogens with zero attached hydrogens (tertiary/aromatic N) is 1. The standard InChI is InChI=1S/C34H36N2O11/c1-19(2)32(38)47-29-20(3)46-34(40)24(17-43-33(39)23(29)14-21-8-6-5-7-9-21)36-31(37)28-30(26(41-4)12-13-35-28)42-16-22-10-11-25-27(15-22)45-18-44-25/h5-13,15,19-20,23-24,29H,14,16-18H2,1-4H3,(H,36,37)/t20-,23+,24?,29-/m0/s1. The lowest BCUT2D eigenvalue weighted by molar-refractivity contribution is -0.176. The molecule has 1 fully saturated rings. The molecule has 13 nitrogen and oxygen atoms in total. The Kier molecular flexibility index (Phi) is 10.4. The van der Waals surface area contributed by atoms with Crippen molar-refractivity contribution in [2.75, 3.05) is 20.5 Å². The number of esters is 3.